The molecular formula is C15H11BrO4. The smallest absolute Gasteiger partial charge is 0.231 e. The van der Waals surface area contributed by atoms with Gasteiger partial charge in [0.15, 0.2) is 5.78 Å². The monoisotopic (exact) mass is 334 g/mol. The Morgan fingerprint density at radius 3 is 2.55 bits per heavy atom. The molecule has 20 heavy (non-hydrogen) atoms. The molecule has 0 fully saturated rings. The van der Waals surface area contributed by atoms with E-state index >= 15 is 0 Å². The fraction of sp³-hybridized carbons (Fsp3) is 0.267. The van der Waals surface area contributed by atoms with Crippen molar-refractivity contribution in [1.82, 2.24) is 0 Å². The molecule has 0 saturated heterocycles. The quantitative estimate of drug-likeness (QED) is 0.415. The molecule has 0 aromatic heterocycles. The van der Waals surface area contributed by atoms with Crippen LogP contribution in [-0.2, 0) is 4.79 Å². The lowest BCUT2D eigenvalue weighted by Crippen LogP contribution is -2.38. The molecule has 0 amide bonds. The number of halogens is 1. The van der Waals surface area contributed by atoms with Crippen molar-refractivity contribution in [3.8, 4) is 5.75 Å². The maximum atomic E-state index is 12.3. The summed E-state index contributed by atoms with van der Waals surface area (Å²) >= 11 is 2.99. The second kappa shape index (κ2) is 4.12. The predicted molar refractivity (Wildman–Crippen MR) is 76.6 cm³/mol. The van der Waals surface area contributed by atoms with Gasteiger partial charge in [-0.2, -0.15) is 0 Å². The zero-order valence-electron chi connectivity index (χ0n) is 10.9. The number of carbonyl (C=O) groups is 3. The van der Waals surface area contributed by atoms with E-state index in [1.807, 2.05) is 19.9 Å². The number of ketones is 3. The number of fused-ring (bicyclic) bond motifs is 3. The number of rotatable bonds is 0. The Labute approximate surface area is 123 Å². The Hall–Kier alpha value is -1.75. The minimum Gasteiger partial charge on any atom is -0.483 e. The molecule has 1 aromatic carbocycles. The standard InChI is InChI=1S/C15H11BrO4/c1-15(2)6-5-7-9(20-15)4-3-8-10(7)13(18)11(16)14(19)12(8)17/h3-6,11H,1-2H3. The van der Waals surface area contributed by atoms with E-state index in [0.29, 0.717) is 11.3 Å². The topological polar surface area (TPSA) is 60.4 Å². The van der Waals surface area contributed by atoms with Gasteiger partial charge < -0.3 is 4.74 Å². The van der Waals surface area contributed by atoms with Crippen LogP contribution in [0.4, 0.5) is 0 Å². The van der Waals surface area contributed by atoms with Crippen LogP contribution in [0.25, 0.3) is 6.08 Å². The Morgan fingerprint density at radius 2 is 1.85 bits per heavy atom. The first-order valence-electron chi connectivity index (χ1n) is 6.14. The third kappa shape index (κ3) is 1.77. The number of carbonyl (C=O) groups excluding carboxylic acids is 3. The fourth-order valence-corrected chi connectivity index (χ4v) is 2.84. The van der Waals surface area contributed by atoms with Crippen molar-refractivity contribution < 1.29 is 19.1 Å². The Kier molecular flexibility index (Phi) is 2.73. The first-order chi connectivity index (χ1) is 9.32. The second-order valence-electron chi connectivity index (χ2n) is 5.36. The zero-order chi connectivity index (χ0) is 14.7. The van der Waals surface area contributed by atoms with Crippen molar-refractivity contribution in [3.05, 3.63) is 34.9 Å². The van der Waals surface area contributed by atoms with Crippen LogP contribution in [0.2, 0.25) is 0 Å². The SMILES string of the molecule is CC1(C)C=Cc2c(ccc3c2C(=O)C(Br)C(=O)C3=O)O1. The summed E-state index contributed by atoms with van der Waals surface area (Å²) in [4.78, 5) is 34.9. The number of alkyl halides is 1. The fourth-order valence-electron chi connectivity index (χ4n) is 2.40. The average Bonchev–Trinajstić information content (AvgIpc) is 2.40. The molecule has 1 heterocycles. The summed E-state index contributed by atoms with van der Waals surface area (Å²) in [5.41, 5.74) is 0.521. The van der Waals surface area contributed by atoms with Crippen LogP contribution in [-0.4, -0.2) is 27.8 Å². The van der Waals surface area contributed by atoms with Crippen molar-refractivity contribution in [2.24, 2.45) is 0 Å². The molecule has 1 atom stereocenters. The van der Waals surface area contributed by atoms with Crippen molar-refractivity contribution in [1.29, 1.82) is 0 Å². The normalized spacial score (nSPS) is 23.1. The van der Waals surface area contributed by atoms with Gasteiger partial charge in [-0.1, -0.05) is 22.0 Å². The number of Topliss-reactive ketones (excluding diaryl/α,β-unsaturated/α-hetero) is 3. The third-order valence-electron chi connectivity index (χ3n) is 3.41. The lowest BCUT2D eigenvalue weighted by Gasteiger charge is -2.30. The molecule has 1 aliphatic heterocycles. The van der Waals surface area contributed by atoms with E-state index in [9.17, 15) is 14.4 Å². The Bertz CT molecular complexity index is 700. The molecule has 0 N–H and O–H groups in total. The summed E-state index contributed by atoms with van der Waals surface area (Å²) in [6, 6.07) is 3.12. The molecule has 2 aliphatic rings. The summed E-state index contributed by atoms with van der Waals surface area (Å²) < 4.78 is 5.78. The number of ether oxygens (including phenoxy) is 1. The van der Waals surface area contributed by atoms with Crippen LogP contribution in [0.3, 0.4) is 0 Å². The van der Waals surface area contributed by atoms with Gasteiger partial charge in [-0.3, -0.25) is 14.4 Å². The van der Waals surface area contributed by atoms with E-state index in [2.05, 4.69) is 15.9 Å². The summed E-state index contributed by atoms with van der Waals surface area (Å²) in [6.07, 6.45) is 3.60. The first-order valence-corrected chi connectivity index (χ1v) is 7.05. The van der Waals surface area contributed by atoms with Gasteiger partial charge in [0, 0.05) is 16.7 Å². The zero-order valence-corrected chi connectivity index (χ0v) is 12.5. The van der Waals surface area contributed by atoms with E-state index in [4.69, 9.17) is 4.74 Å². The van der Waals surface area contributed by atoms with Gasteiger partial charge in [-0.25, -0.2) is 0 Å². The first kappa shape index (κ1) is 13.2. The largest absolute Gasteiger partial charge is 0.483 e. The minimum atomic E-state index is -1.10. The summed E-state index contributed by atoms with van der Waals surface area (Å²) in [7, 11) is 0. The number of hydrogen-bond donors (Lipinski definition) is 0. The Morgan fingerprint density at radius 1 is 1.15 bits per heavy atom. The molecule has 1 aromatic rings. The van der Waals surface area contributed by atoms with Crippen molar-refractivity contribution in [2.45, 2.75) is 24.3 Å². The maximum absolute atomic E-state index is 12.3. The molecule has 0 spiro atoms. The van der Waals surface area contributed by atoms with Gasteiger partial charge in [-0.15, -0.1) is 0 Å². The average molecular weight is 335 g/mol. The molecular weight excluding hydrogens is 324 g/mol. The van der Waals surface area contributed by atoms with Crippen LogP contribution < -0.4 is 4.74 Å². The van der Waals surface area contributed by atoms with E-state index < -0.39 is 27.8 Å². The van der Waals surface area contributed by atoms with Crippen LogP contribution in [0.1, 0.15) is 40.1 Å². The van der Waals surface area contributed by atoms with Crippen LogP contribution in [0.15, 0.2) is 18.2 Å². The van der Waals surface area contributed by atoms with Crippen molar-refractivity contribution >= 4 is 39.4 Å². The number of benzene rings is 1. The minimum absolute atomic E-state index is 0.155. The molecule has 0 bridgehead atoms. The summed E-state index contributed by atoms with van der Waals surface area (Å²) in [6.45, 7) is 3.80. The summed E-state index contributed by atoms with van der Waals surface area (Å²) in [5.74, 6) is -1.20. The maximum Gasteiger partial charge on any atom is 0.231 e. The van der Waals surface area contributed by atoms with Crippen LogP contribution in [0.5, 0.6) is 5.75 Å². The van der Waals surface area contributed by atoms with E-state index in [-0.39, 0.29) is 11.1 Å². The van der Waals surface area contributed by atoms with E-state index in [0.717, 1.165) is 0 Å². The molecule has 102 valence electrons. The molecule has 4 nitrogen and oxygen atoms in total. The van der Waals surface area contributed by atoms with Gasteiger partial charge >= 0.3 is 0 Å². The molecule has 0 radical (unpaired) electrons. The van der Waals surface area contributed by atoms with Gasteiger partial charge in [-0.05, 0) is 32.1 Å². The van der Waals surface area contributed by atoms with E-state index in [1.165, 1.54) is 6.07 Å². The van der Waals surface area contributed by atoms with Gasteiger partial charge in [0.05, 0.1) is 0 Å². The van der Waals surface area contributed by atoms with Crippen LogP contribution >= 0.6 is 15.9 Å². The highest BCUT2D eigenvalue weighted by Gasteiger charge is 2.41. The van der Waals surface area contributed by atoms with Gasteiger partial charge in [0.1, 0.15) is 16.2 Å². The second-order valence-corrected chi connectivity index (χ2v) is 6.27. The molecule has 1 unspecified atom stereocenters. The van der Waals surface area contributed by atoms with E-state index in [1.54, 1.807) is 12.1 Å². The Balaban J connectivity index is 2.27. The lowest BCUT2D eigenvalue weighted by atomic mass is 9.84. The third-order valence-corrected chi connectivity index (χ3v) is 4.24. The molecule has 1 aliphatic carbocycles. The van der Waals surface area contributed by atoms with Crippen molar-refractivity contribution in [2.75, 3.05) is 0 Å². The molecule has 5 heteroatoms. The highest BCUT2D eigenvalue weighted by molar-refractivity contribution is 9.10. The highest BCUT2D eigenvalue weighted by Crippen LogP contribution is 2.37. The highest BCUT2D eigenvalue weighted by atomic mass is 79.9. The van der Waals surface area contributed by atoms with Gasteiger partial charge in [0.25, 0.3) is 0 Å². The lowest BCUT2D eigenvalue weighted by molar-refractivity contribution is -0.114. The van der Waals surface area contributed by atoms with Crippen molar-refractivity contribution in [3.63, 3.8) is 0 Å². The molecule has 3 rings (SSSR count). The van der Waals surface area contributed by atoms with Crippen LogP contribution in [0, 0.1) is 0 Å². The number of hydrogen-bond acceptors (Lipinski definition) is 4. The van der Waals surface area contributed by atoms with Gasteiger partial charge in [0.2, 0.25) is 11.6 Å². The molecule has 0 saturated carbocycles. The predicted octanol–water partition coefficient (Wildman–Crippen LogP) is 2.58. The summed E-state index contributed by atoms with van der Waals surface area (Å²) in [5, 5.41) is 0.